The Bertz CT molecular complexity index is 865. The van der Waals surface area contributed by atoms with Crippen LogP contribution in [0.1, 0.15) is 48.9 Å². The van der Waals surface area contributed by atoms with Gasteiger partial charge in [-0.2, -0.15) is 10.2 Å². The molecule has 8 heteroatoms. The largest absolute Gasteiger partial charge is 0.381 e. The number of anilines is 1. The van der Waals surface area contributed by atoms with Crippen LogP contribution in [0.2, 0.25) is 0 Å². The minimum Gasteiger partial charge on any atom is -0.381 e. The van der Waals surface area contributed by atoms with E-state index < -0.39 is 11.4 Å². The maximum atomic E-state index is 13.4. The van der Waals surface area contributed by atoms with Crippen molar-refractivity contribution in [3.05, 3.63) is 41.3 Å². The van der Waals surface area contributed by atoms with E-state index in [1.807, 2.05) is 0 Å². The molecule has 0 aliphatic carbocycles. The average molecular weight is 386 g/mol. The zero-order valence-corrected chi connectivity index (χ0v) is 15.9. The topological polar surface area (TPSA) is 84.4 Å². The second-order valence-electron chi connectivity index (χ2n) is 7.30. The van der Waals surface area contributed by atoms with Crippen molar-refractivity contribution in [3.8, 4) is 6.07 Å². The number of rotatable bonds is 4. The van der Waals surface area contributed by atoms with E-state index in [0.29, 0.717) is 37.4 Å². The summed E-state index contributed by atoms with van der Waals surface area (Å²) in [6.07, 6.45) is 3.07. The molecule has 0 bridgehead atoms. The molecule has 0 saturated carbocycles. The number of ether oxygens (including phenoxy) is 2. The van der Waals surface area contributed by atoms with Crippen LogP contribution in [-0.4, -0.2) is 43.6 Å². The van der Waals surface area contributed by atoms with Crippen LogP contribution in [0, 0.1) is 17.1 Å². The van der Waals surface area contributed by atoms with Crippen LogP contribution in [0.15, 0.2) is 22.7 Å². The second kappa shape index (κ2) is 7.86. The molecule has 2 aromatic rings. The number of halogens is 1. The SMILES string of the molecule is COC1(c2nc(C3CCOCC3)no2)CCN(c2ccc(F)cc2C#N)CC1. The number of hydrogen-bond donors (Lipinski definition) is 0. The molecule has 0 unspecified atom stereocenters. The average Bonchev–Trinajstić information content (AvgIpc) is 3.25. The molecule has 0 spiro atoms. The van der Waals surface area contributed by atoms with Gasteiger partial charge >= 0.3 is 0 Å². The zero-order chi connectivity index (χ0) is 19.6. The van der Waals surface area contributed by atoms with E-state index in [9.17, 15) is 9.65 Å². The lowest BCUT2D eigenvalue weighted by Gasteiger charge is -2.39. The van der Waals surface area contributed by atoms with Crippen LogP contribution in [0.25, 0.3) is 0 Å². The van der Waals surface area contributed by atoms with Gasteiger partial charge in [-0.3, -0.25) is 0 Å². The van der Waals surface area contributed by atoms with Crippen molar-refractivity contribution in [2.24, 2.45) is 0 Å². The van der Waals surface area contributed by atoms with Crippen molar-refractivity contribution in [1.29, 1.82) is 5.26 Å². The van der Waals surface area contributed by atoms with Gasteiger partial charge in [0.2, 0.25) is 0 Å². The van der Waals surface area contributed by atoms with Gasteiger partial charge < -0.3 is 18.9 Å². The van der Waals surface area contributed by atoms with Crippen LogP contribution in [0.5, 0.6) is 0 Å². The highest BCUT2D eigenvalue weighted by atomic mass is 19.1. The summed E-state index contributed by atoms with van der Waals surface area (Å²) in [7, 11) is 1.66. The highest BCUT2D eigenvalue weighted by Gasteiger charge is 2.42. The number of methoxy groups -OCH3 is 1. The first-order valence-corrected chi connectivity index (χ1v) is 9.57. The minimum absolute atomic E-state index is 0.262. The molecule has 2 aliphatic heterocycles. The van der Waals surface area contributed by atoms with Crippen LogP contribution in [0.4, 0.5) is 10.1 Å². The normalized spacial score (nSPS) is 20.1. The quantitative estimate of drug-likeness (QED) is 0.798. The van der Waals surface area contributed by atoms with Gasteiger partial charge in [-0.15, -0.1) is 0 Å². The molecular weight excluding hydrogens is 363 g/mol. The molecule has 0 radical (unpaired) electrons. The van der Waals surface area contributed by atoms with E-state index >= 15 is 0 Å². The van der Waals surface area contributed by atoms with Crippen molar-refractivity contribution >= 4 is 5.69 Å². The second-order valence-corrected chi connectivity index (χ2v) is 7.30. The van der Waals surface area contributed by atoms with Gasteiger partial charge in [-0.25, -0.2) is 4.39 Å². The molecule has 148 valence electrons. The Hall–Kier alpha value is -2.50. The van der Waals surface area contributed by atoms with Gasteiger partial charge in [0.05, 0.1) is 11.3 Å². The maximum Gasteiger partial charge on any atom is 0.259 e. The standard InChI is InChI=1S/C20H23FN4O3/c1-26-20(19-23-18(24-28-19)14-4-10-27-11-5-14)6-8-25(9-7-20)17-3-2-16(21)12-15(17)13-22/h2-3,12,14H,4-11H2,1H3. The van der Waals surface area contributed by atoms with Crippen LogP contribution in [-0.2, 0) is 15.1 Å². The fourth-order valence-corrected chi connectivity index (χ4v) is 4.03. The number of benzene rings is 1. The molecule has 0 atom stereocenters. The minimum atomic E-state index is -0.639. The first-order chi connectivity index (χ1) is 13.6. The molecule has 2 saturated heterocycles. The predicted octanol–water partition coefficient (Wildman–Crippen LogP) is 3.12. The molecule has 3 heterocycles. The van der Waals surface area contributed by atoms with Gasteiger partial charge in [0.25, 0.3) is 5.89 Å². The van der Waals surface area contributed by atoms with Crippen molar-refractivity contribution < 1.29 is 18.4 Å². The fourth-order valence-electron chi connectivity index (χ4n) is 4.03. The Labute approximate surface area is 163 Å². The molecule has 2 fully saturated rings. The molecule has 2 aliphatic rings. The zero-order valence-electron chi connectivity index (χ0n) is 15.9. The third-order valence-electron chi connectivity index (χ3n) is 5.80. The third kappa shape index (κ3) is 3.48. The predicted molar refractivity (Wildman–Crippen MR) is 98.3 cm³/mol. The van der Waals surface area contributed by atoms with Crippen molar-refractivity contribution in [2.45, 2.75) is 37.2 Å². The first kappa shape index (κ1) is 18.8. The fraction of sp³-hybridized carbons (Fsp3) is 0.550. The highest BCUT2D eigenvalue weighted by Crippen LogP contribution is 2.38. The summed E-state index contributed by atoms with van der Waals surface area (Å²) in [6.45, 7) is 2.72. The summed E-state index contributed by atoms with van der Waals surface area (Å²) >= 11 is 0. The monoisotopic (exact) mass is 386 g/mol. The van der Waals surface area contributed by atoms with Gasteiger partial charge in [0.15, 0.2) is 5.82 Å². The van der Waals surface area contributed by atoms with Gasteiger partial charge in [0, 0.05) is 52.2 Å². The summed E-state index contributed by atoms with van der Waals surface area (Å²) in [6, 6.07) is 6.38. The molecule has 0 amide bonds. The number of aromatic nitrogens is 2. The van der Waals surface area contributed by atoms with Gasteiger partial charge in [-0.1, -0.05) is 5.16 Å². The van der Waals surface area contributed by atoms with Crippen molar-refractivity contribution in [3.63, 3.8) is 0 Å². The number of nitrogens with zero attached hydrogens (tertiary/aromatic N) is 4. The molecule has 7 nitrogen and oxygen atoms in total. The van der Waals surface area contributed by atoms with Crippen LogP contribution in [0.3, 0.4) is 0 Å². The summed E-state index contributed by atoms with van der Waals surface area (Å²) in [5, 5.41) is 13.5. The Balaban J connectivity index is 1.50. The van der Waals surface area contributed by atoms with Crippen LogP contribution >= 0.6 is 0 Å². The Morgan fingerprint density at radius 3 is 2.71 bits per heavy atom. The van der Waals surface area contributed by atoms with E-state index in [2.05, 4.69) is 21.1 Å². The van der Waals surface area contributed by atoms with Crippen LogP contribution < -0.4 is 4.90 Å². The first-order valence-electron chi connectivity index (χ1n) is 9.57. The van der Waals surface area contributed by atoms with E-state index in [0.717, 1.165) is 37.6 Å². The Morgan fingerprint density at radius 1 is 1.29 bits per heavy atom. The molecule has 0 N–H and O–H groups in total. The Morgan fingerprint density at radius 2 is 2.04 bits per heavy atom. The van der Waals surface area contributed by atoms with E-state index in [-0.39, 0.29) is 5.92 Å². The third-order valence-corrected chi connectivity index (χ3v) is 5.80. The molecule has 28 heavy (non-hydrogen) atoms. The molecule has 4 rings (SSSR count). The lowest BCUT2D eigenvalue weighted by Crippen LogP contribution is -2.44. The Kier molecular flexibility index (Phi) is 5.29. The highest BCUT2D eigenvalue weighted by molar-refractivity contribution is 5.59. The summed E-state index contributed by atoms with van der Waals surface area (Å²) < 4.78 is 30.3. The number of piperidine rings is 1. The van der Waals surface area contributed by atoms with Gasteiger partial charge in [0.1, 0.15) is 17.5 Å². The van der Waals surface area contributed by atoms with Crippen molar-refractivity contribution in [1.82, 2.24) is 10.1 Å². The van der Waals surface area contributed by atoms with Gasteiger partial charge in [-0.05, 0) is 31.0 Å². The van der Waals surface area contributed by atoms with Crippen molar-refractivity contribution in [2.75, 3.05) is 38.3 Å². The lowest BCUT2D eigenvalue weighted by atomic mass is 9.90. The lowest BCUT2D eigenvalue weighted by molar-refractivity contribution is -0.0582. The molecule has 1 aromatic heterocycles. The smallest absolute Gasteiger partial charge is 0.259 e. The summed E-state index contributed by atoms with van der Waals surface area (Å²) in [5.41, 5.74) is 0.436. The molecular formula is C20H23FN4O3. The molecule has 1 aromatic carbocycles. The van der Waals surface area contributed by atoms with E-state index in [1.54, 1.807) is 13.2 Å². The summed E-state index contributed by atoms with van der Waals surface area (Å²) in [5.74, 6) is 1.09. The summed E-state index contributed by atoms with van der Waals surface area (Å²) in [4.78, 5) is 6.74. The number of nitriles is 1. The maximum absolute atomic E-state index is 13.4. The van der Waals surface area contributed by atoms with E-state index in [4.69, 9.17) is 14.0 Å². The number of hydrogen-bond acceptors (Lipinski definition) is 7. The van der Waals surface area contributed by atoms with E-state index in [1.165, 1.54) is 12.1 Å².